The van der Waals surface area contributed by atoms with Crippen LogP contribution in [0.5, 0.6) is 0 Å². The van der Waals surface area contributed by atoms with Crippen LogP contribution in [-0.4, -0.2) is 15.3 Å². The molecule has 2 aromatic heterocycles. The zero-order chi connectivity index (χ0) is 21.8. The number of aromatic nitrogens is 1. The van der Waals surface area contributed by atoms with Crippen LogP contribution in [0.3, 0.4) is 0 Å². The van der Waals surface area contributed by atoms with Crippen molar-refractivity contribution >= 4 is 34.1 Å². The first-order valence-electron chi connectivity index (χ1n) is 9.63. The van der Waals surface area contributed by atoms with Crippen LogP contribution in [0.15, 0.2) is 81.5 Å². The van der Waals surface area contributed by atoms with Gasteiger partial charge >= 0.3 is 0 Å². The Balaban J connectivity index is 1.79. The summed E-state index contributed by atoms with van der Waals surface area (Å²) in [6.07, 6.45) is 0. The van der Waals surface area contributed by atoms with Crippen LogP contribution in [-0.2, 0) is 6.54 Å². The molecule has 156 valence electrons. The lowest BCUT2D eigenvalue weighted by Gasteiger charge is -2.06. The molecule has 0 aliphatic heterocycles. The fraction of sp³-hybridized carbons (Fsp3) is 0.130. The van der Waals surface area contributed by atoms with Gasteiger partial charge in [0.05, 0.1) is 27.8 Å². The Morgan fingerprint density at radius 1 is 1.10 bits per heavy atom. The van der Waals surface area contributed by atoms with Gasteiger partial charge in [0.15, 0.2) is 0 Å². The molecule has 0 aliphatic carbocycles. The number of benzene rings is 2. The number of nitrogens with zero attached hydrogens (tertiary/aromatic N) is 4. The third-order valence-corrected chi connectivity index (χ3v) is 6.52. The molecule has 0 saturated carbocycles. The molecule has 0 radical (unpaired) electrons. The standard InChI is InChI=1S/C23H20N4O2S2/c1-16-10-11-19(13-20(16)27(28)29)17(2)25-26-21(22-9-6-12-30-22)15-31-23(26)24-14-18-7-4-3-5-8-18/h3-13,15H,14H2,1-2H3. The van der Waals surface area contributed by atoms with Crippen molar-refractivity contribution in [2.75, 3.05) is 0 Å². The van der Waals surface area contributed by atoms with E-state index in [0.717, 1.165) is 20.9 Å². The van der Waals surface area contributed by atoms with E-state index in [0.29, 0.717) is 23.4 Å². The predicted molar refractivity (Wildman–Crippen MR) is 127 cm³/mol. The van der Waals surface area contributed by atoms with Gasteiger partial charge < -0.3 is 0 Å². The fourth-order valence-electron chi connectivity index (χ4n) is 3.08. The minimum atomic E-state index is -0.360. The fourth-order valence-corrected chi connectivity index (χ4v) is 4.70. The quantitative estimate of drug-likeness (QED) is 0.210. The van der Waals surface area contributed by atoms with Crippen molar-refractivity contribution in [3.8, 4) is 10.6 Å². The average molecular weight is 449 g/mol. The van der Waals surface area contributed by atoms with Gasteiger partial charge in [-0.15, -0.1) is 22.7 Å². The maximum absolute atomic E-state index is 11.3. The van der Waals surface area contributed by atoms with Gasteiger partial charge in [-0.2, -0.15) is 5.10 Å². The van der Waals surface area contributed by atoms with E-state index in [1.54, 1.807) is 30.4 Å². The Hall–Kier alpha value is -3.36. The van der Waals surface area contributed by atoms with Crippen LogP contribution in [0, 0.1) is 17.0 Å². The smallest absolute Gasteiger partial charge is 0.258 e. The Morgan fingerprint density at radius 2 is 1.90 bits per heavy atom. The zero-order valence-electron chi connectivity index (χ0n) is 17.1. The van der Waals surface area contributed by atoms with Gasteiger partial charge in [0.1, 0.15) is 0 Å². The highest BCUT2D eigenvalue weighted by Crippen LogP contribution is 2.26. The first kappa shape index (κ1) is 20.9. The van der Waals surface area contributed by atoms with E-state index in [9.17, 15) is 10.1 Å². The molecule has 8 heteroatoms. The highest BCUT2D eigenvalue weighted by molar-refractivity contribution is 7.14. The van der Waals surface area contributed by atoms with E-state index in [-0.39, 0.29) is 10.6 Å². The van der Waals surface area contributed by atoms with Crippen LogP contribution in [0.25, 0.3) is 10.6 Å². The summed E-state index contributed by atoms with van der Waals surface area (Å²) >= 11 is 3.16. The molecule has 0 aliphatic rings. The van der Waals surface area contributed by atoms with Crippen molar-refractivity contribution in [3.63, 3.8) is 0 Å². The second-order valence-electron chi connectivity index (χ2n) is 6.94. The molecule has 0 saturated heterocycles. The van der Waals surface area contributed by atoms with Gasteiger partial charge in [-0.1, -0.05) is 48.5 Å². The molecule has 2 aromatic carbocycles. The van der Waals surface area contributed by atoms with Crippen molar-refractivity contribution in [2.24, 2.45) is 10.1 Å². The minimum Gasteiger partial charge on any atom is -0.258 e. The molecule has 0 N–H and O–H groups in total. The second-order valence-corrected chi connectivity index (χ2v) is 8.72. The molecule has 31 heavy (non-hydrogen) atoms. The lowest BCUT2D eigenvalue weighted by molar-refractivity contribution is -0.385. The maximum atomic E-state index is 11.3. The van der Waals surface area contributed by atoms with Gasteiger partial charge in [-0.3, -0.25) is 15.1 Å². The summed E-state index contributed by atoms with van der Waals surface area (Å²) in [6.45, 7) is 4.14. The largest absolute Gasteiger partial charge is 0.272 e. The summed E-state index contributed by atoms with van der Waals surface area (Å²) in [5, 5.41) is 20.2. The minimum absolute atomic E-state index is 0.0924. The number of aryl methyl sites for hydroxylation is 1. The zero-order valence-corrected chi connectivity index (χ0v) is 18.7. The first-order chi connectivity index (χ1) is 15.0. The molecule has 4 rings (SSSR count). The van der Waals surface area contributed by atoms with Gasteiger partial charge in [0, 0.05) is 22.6 Å². The number of nitro benzene ring substituents is 1. The molecule has 2 heterocycles. The van der Waals surface area contributed by atoms with Crippen LogP contribution < -0.4 is 4.80 Å². The molecular weight excluding hydrogens is 428 g/mol. The molecule has 0 amide bonds. The Morgan fingerprint density at radius 3 is 2.61 bits per heavy atom. The molecule has 0 unspecified atom stereocenters. The molecule has 0 bridgehead atoms. The Kier molecular flexibility index (Phi) is 6.20. The van der Waals surface area contributed by atoms with E-state index in [1.165, 1.54) is 11.3 Å². The lowest BCUT2D eigenvalue weighted by atomic mass is 10.1. The number of rotatable bonds is 6. The summed E-state index contributed by atoms with van der Waals surface area (Å²) < 4.78 is 1.83. The Labute approximate surface area is 187 Å². The van der Waals surface area contributed by atoms with E-state index in [2.05, 4.69) is 0 Å². The monoisotopic (exact) mass is 448 g/mol. The van der Waals surface area contributed by atoms with Crippen LogP contribution in [0.1, 0.15) is 23.6 Å². The van der Waals surface area contributed by atoms with Gasteiger partial charge in [0.2, 0.25) is 4.80 Å². The van der Waals surface area contributed by atoms with Gasteiger partial charge in [-0.25, -0.2) is 4.68 Å². The number of nitro groups is 1. The lowest BCUT2D eigenvalue weighted by Crippen LogP contribution is -2.14. The third kappa shape index (κ3) is 4.70. The van der Waals surface area contributed by atoms with Crippen LogP contribution in [0.2, 0.25) is 0 Å². The van der Waals surface area contributed by atoms with E-state index < -0.39 is 0 Å². The van der Waals surface area contributed by atoms with Gasteiger partial charge in [0.25, 0.3) is 5.69 Å². The molecule has 6 nitrogen and oxygen atoms in total. The topological polar surface area (TPSA) is 72.8 Å². The summed E-state index contributed by atoms with van der Waals surface area (Å²) in [5.74, 6) is 0. The number of thiophene rings is 1. The highest BCUT2D eigenvalue weighted by Gasteiger charge is 2.14. The van der Waals surface area contributed by atoms with Crippen LogP contribution in [0.4, 0.5) is 5.69 Å². The number of hydrogen-bond acceptors (Lipinski definition) is 6. The van der Waals surface area contributed by atoms with E-state index >= 15 is 0 Å². The SMILES string of the molecule is CC(=Nn1c(-c2cccs2)csc1=NCc1ccccc1)c1ccc(C)c([N+](=O)[O-])c1. The number of thiazole rings is 1. The van der Waals surface area contributed by atoms with Crippen molar-refractivity contribution in [1.82, 2.24) is 4.68 Å². The molecule has 0 atom stereocenters. The molecule has 4 aromatic rings. The van der Waals surface area contributed by atoms with Gasteiger partial charge in [-0.05, 0) is 30.9 Å². The molecule has 0 fully saturated rings. The predicted octanol–water partition coefficient (Wildman–Crippen LogP) is 5.87. The summed E-state index contributed by atoms with van der Waals surface area (Å²) in [5.41, 5.74) is 4.18. The first-order valence-corrected chi connectivity index (χ1v) is 11.4. The second kappa shape index (κ2) is 9.20. The maximum Gasteiger partial charge on any atom is 0.272 e. The Bertz CT molecular complexity index is 1300. The van der Waals surface area contributed by atoms with Crippen LogP contribution >= 0.6 is 22.7 Å². The average Bonchev–Trinajstić information content (AvgIpc) is 3.43. The molecule has 0 spiro atoms. The summed E-state index contributed by atoms with van der Waals surface area (Å²) in [7, 11) is 0. The van der Waals surface area contributed by atoms with Crippen molar-refractivity contribution < 1.29 is 4.92 Å². The highest BCUT2D eigenvalue weighted by atomic mass is 32.1. The molecular formula is C23H20N4O2S2. The third-order valence-electron chi connectivity index (χ3n) is 4.77. The van der Waals surface area contributed by atoms with E-state index in [4.69, 9.17) is 10.1 Å². The van der Waals surface area contributed by atoms with Crippen molar-refractivity contribution in [1.29, 1.82) is 0 Å². The van der Waals surface area contributed by atoms with E-state index in [1.807, 2.05) is 70.9 Å². The normalized spacial score (nSPS) is 12.3. The summed E-state index contributed by atoms with van der Waals surface area (Å²) in [6, 6.07) is 19.3. The van der Waals surface area contributed by atoms with Crippen molar-refractivity contribution in [2.45, 2.75) is 20.4 Å². The summed E-state index contributed by atoms with van der Waals surface area (Å²) in [4.78, 5) is 17.6. The number of hydrogen-bond donors (Lipinski definition) is 0. The van der Waals surface area contributed by atoms with Crippen molar-refractivity contribution in [3.05, 3.63) is 103 Å².